The lowest BCUT2D eigenvalue weighted by Crippen LogP contribution is -2.15. The molecule has 90 valence electrons. The molecule has 0 saturated heterocycles. The minimum absolute atomic E-state index is 0.461. The van der Waals surface area contributed by atoms with Crippen LogP contribution >= 0.6 is 0 Å². The summed E-state index contributed by atoms with van der Waals surface area (Å²) in [6.07, 6.45) is 2.77. The Morgan fingerprint density at radius 1 is 1.24 bits per heavy atom. The van der Waals surface area contributed by atoms with Gasteiger partial charge in [0.25, 0.3) is 0 Å². The fourth-order valence-electron chi connectivity index (χ4n) is 1.57. The summed E-state index contributed by atoms with van der Waals surface area (Å²) < 4.78 is 5.52. The van der Waals surface area contributed by atoms with Crippen molar-refractivity contribution in [2.24, 2.45) is 0 Å². The maximum Gasteiger partial charge on any atom is 0.316 e. The third-order valence-electron chi connectivity index (χ3n) is 2.45. The molecule has 0 amide bonds. The van der Waals surface area contributed by atoms with Gasteiger partial charge in [0.15, 0.2) is 0 Å². The van der Waals surface area contributed by atoms with E-state index in [1.807, 2.05) is 38.4 Å². The van der Waals surface area contributed by atoms with E-state index in [-0.39, 0.29) is 0 Å². The van der Waals surface area contributed by atoms with Crippen molar-refractivity contribution in [1.29, 1.82) is 0 Å². The van der Waals surface area contributed by atoms with Crippen LogP contribution in [0.3, 0.4) is 0 Å². The summed E-state index contributed by atoms with van der Waals surface area (Å²) in [5.74, 6) is 0. The highest BCUT2D eigenvalue weighted by molar-refractivity contribution is 5.77. The predicted octanol–water partition coefficient (Wildman–Crippen LogP) is 1.96. The highest BCUT2D eigenvalue weighted by atomic mass is 16.5. The van der Waals surface area contributed by atoms with Gasteiger partial charge >= 0.3 is 6.01 Å². The van der Waals surface area contributed by atoms with Crippen molar-refractivity contribution in [2.45, 2.75) is 6.42 Å². The number of para-hydroxylation sites is 1. The van der Waals surface area contributed by atoms with Gasteiger partial charge in [0, 0.05) is 18.1 Å². The minimum atomic E-state index is 0.461. The number of rotatable bonds is 5. The molecule has 2 aromatic rings. The van der Waals surface area contributed by atoms with E-state index >= 15 is 0 Å². The van der Waals surface area contributed by atoms with Crippen LogP contribution in [0, 0.1) is 0 Å². The molecule has 0 unspecified atom stereocenters. The first-order valence-electron chi connectivity index (χ1n) is 5.75. The summed E-state index contributed by atoms with van der Waals surface area (Å²) in [5, 5.41) is 1.04. The third kappa shape index (κ3) is 3.39. The van der Waals surface area contributed by atoms with Crippen molar-refractivity contribution in [3.8, 4) is 6.01 Å². The molecule has 17 heavy (non-hydrogen) atoms. The van der Waals surface area contributed by atoms with Crippen LogP contribution in [-0.2, 0) is 0 Å². The summed E-state index contributed by atoms with van der Waals surface area (Å²) in [6.45, 7) is 1.66. The molecule has 4 nitrogen and oxygen atoms in total. The van der Waals surface area contributed by atoms with E-state index in [4.69, 9.17) is 4.74 Å². The molecule has 1 heterocycles. The zero-order chi connectivity index (χ0) is 12.1. The van der Waals surface area contributed by atoms with E-state index < -0.39 is 0 Å². The Morgan fingerprint density at radius 3 is 2.88 bits per heavy atom. The molecule has 0 aliphatic heterocycles. The van der Waals surface area contributed by atoms with E-state index in [0.29, 0.717) is 12.6 Å². The van der Waals surface area contributed by atoms with Gasteiger partial charge in [0.05, 0.1) is 12.1 Å². The van der Waals surface area contributed by atoms with E-state index in [1.165, 1.54) is 0 Å². The van der Waals surface area contributed by atoms with Gasteiger partial charge in [-0.15, -0.1) is 0 Å². The maximum absolute atomic E-state index is 5.52. The predicted molar refractivity (Wildman–Crippen MR) is 68.2 cm³/mol. The highest BCUT2D eigenvalue weighted by Crippen LogP contribution is 2.12. The van der Waals surface area contributed by atoms with Crippen molar-refractivity contribution < 1.29 is 4.74 Å². The second-order valence-corrected chi connectivity index (χ2v) is 4.22. The van der Waals surface area contributed by atoms with Gasteiger partial charge < -0.3 is 9.64 Å². The average molecular weight is 231 g/mol. The Kier molecular flexibility index (Phi) is 3.88. The van der Waals surface area contributed by atoms with Gasteiger partial charge in [0.1, 0.15) is 0 Å². The van der Waals surface area contributed by atoms with Crippen molar-refractivity contribution in [2.75, 3.05) is 27.2 Å². The molecule has 0 aliphatic carbocycles. The first-order valence-corrected chi connectivity index (χ1v) is 5.75. The Balaban J connectivity index is 1.95. The lowest BCUT2D eigenvalue weighted by molar-refractivity contribution is 0.264. The number of hydrogen-bond donors (Lipinski definition) is 0. The van der Waals surface area contributed by atoms with E-state index in [2.05, 4.69) is 14.9 Å². The molecule has 0 radical (unpaired) electrons. The van der Waals surface area contributed by atoms with Crippen molar-refractivity contribution >= 4 is 10.9 Å². The van der Waals surface area contributed by atoms with Gasteiger partial charge in [-0.05, 0) is 26.6 Å². The summed E-state index contributed by atoms with van der Waals surface area (Å²) in [7, 11) is 4.10. The zero-order valence-electron chi connectivity index (χ0n) is 10.3. The molecule has 4 heteroatoms. The fourth-order valence-corrected chi connectivity index (χ4v) is 1.57. The average Bonchev–Trinajstić information content (AvgIpc) is 2.34. The Morgan fingerprint density at radius 2 is 2.06 bits per heavy atom. The van der Waals surface area contributed by atoms with Crippen LogP contribution in [0.2, 0.25) is 0 Å². The monoisotopic (exact) mass is 231 g/mol. The number of aromatic nitrogens is 2. The maximum atomic E-state index is 5.52. The summed E-state index contributed by atoms with van der Waals surface area (Å²) in [5.41, 5.74) is 0.921. The molecule has 1 aromatic heterocycles. The van der Waals surface area contributed by atoms with Crippen LogP contribution in [0.5, 0.6) is 6.01 Å². The van der Waals surface area contributed by atoms with Crippen LogP contribution in [-0.4, -0.2) is 42.1 Å². The van der Waals surface area contributed by atoms with Gasteiger partial charge in [-0.1, -0.05) is 18.2 Å². The SMILES string of the molecule is CN(C)CCCOc1ncc2ccccc2n1. The molecule has 2 rings (SSSR count). The van der Waals surface area contributed by atoms with Crippen molar-refractivity contribution in [3.05, 3.63) is 30.5 Å². The van der Waals surface area contributed by atoms with Gasteiger partial charge in [0.2, 0.25) is 0 Å². The van der Waals surface area contributed by atoms with Crippen LogP contribution in [0.4, 0.5) is 0 Å². The number of fused-ring (bicyclic) bond motifs is 1. The fraction of sp³-hybridized carbons (Fsp3) is 0.385. The number of nitrogens with zero attached hydrogens (tertiary/aromatic N) is 3. The Bertz CT molecular complexity index is 485. The highest BCUT2D eigenvalue weighted by Gasteiger charge is 2.00. The lowest BCUT2D eigenvalue weighted by Gasteiger charge is -2.09. The second kappa shape index (κ2) is 5.59. The quantitative estimate of drug-likeness (QED) is 0.737. The summed E-state index contributed by atoms with van der Waals surface area (Å²) >= 11 is 0. The Hall–Kier alpha value is -1.68. The molecular formula is C13H17N3O. The van der Waals surface area contributed by atoms with Gasteiger partial charge in [-0.3, -0.25) is 0 Å². The number of hydrogen-bond acceptors (Lipinski definition) is 4. The molecule has 0 aliphatic rings. The Labute approximate surface area is 101 Å². The van der Waals surface area contributed by atoms with Crippen LogP contribution in [0.25, 0.3) is 10.9 Å². The standard InChI is InChI=1S/C13H17N3O/c1-16(2)8-5-9-17-13-14-10-11-6-3-4-7-12(11)15-13/h3-4,6-7,10H,5,8-9H2,1-2H3. The lowest BCUT2D eigenvalue weighted by atomic mass is 10.2. The smallest absolute Gasteiger partial charge is 0.316 e. The molecule has 0 saturated carbocycles. The molecule has 0 spiro atoms. The van der Waals surface area contributed by atoms with E-state index in [1.54, 1.807) is 6.20 Å². The van der Waals surface area contributed by atoms with Crippen LogP contribution in [0.15, 0.2) is 30.5 Å². The van der Waals surface area contributed by atoms with Crippen LogP contribution in [0.1, 0.15) is 6.42 Å². The van der Waals surface area contributed by atoms with Crippen LogP contribution < -0.4 is 4.74 Å². The van der Waals surface area contributed by atoms with E-state index in [0.717, 1.165) is 23.9 Å². The molecule has 0 bridgehead atoms. The van der Waals surface area contributed by atoms with Gasteiger partial charge in [-0.2, -0.15) is 4.98 Å². The first kappa shape index (κ1) is 11.8. The van der Waals surface area contributed by atoms with Crippen molar-refractivity contribution in [3.63, 3.8) is 0 Å². The number of ether oxygens (including phenoxy) is 1. The van der Waals surface area contributed by atoms with Crippen molar-refractivity contribution in [1.82, 2.24) is 14.9 Å². The zero-order valence-corrected chi connectivity index (χ0v) is 10.3. The topological polar surface area (TPSA) is 38.2 Å². The first-order chi connectivity index (χ1) is 8.25. The molecule has 0 fully saturated rings. The van der Waals surface area contributed by atoms with Gasteiger partial charge in [-0.25, -0.2) is 4.98 Å². The van der Waals surface area contributed by atoms with E-state index in [9.17, 15) is 0 Å². The third-order valence-corrected chi connectivity index (χ3v) is 2.45. The normalized spacial score (nSPS) is 11.0. The molecule has 1 aromatic carbocycles. The minimum Gasteiger partial charge on any atom is -0.463 e. The second-order valence-electron chi connectivity index (χ2n) is 4.22. The summed E-state index contributed by atoms with van der Waals surface area (Å²) in [4.78, 5) is 10.7. The number of benzene rings is 1. The molecular weight excluding hydrogens is 214 g/mol. The molecule has 0 N–H and O–H groups in total. The molecule has 0 atom stereocenters. The largest absolute Gasteiger partial charge is 0.463 e. The summed E-state index contributed by atoms with van der Waals surface area (Å²) in [6, 6.07) is 8.35.